The number of nitrogens with zero attached hydrogens (tertiary/aromatic N) is 1. The second kappa shape index (κ2) is 16.9. The molecule has 0 bridgehead atoms. The molecule has 0 saturated carbocycles. The molecule has 0 spiro atoms. The molecule has 3 atom stereocenters. The molecular formula is C44H41N3O9. The minimum Gasteiger partial charge on any atom is -0.497 e. The van der Waals surface area contributed by atoms with E-state index in [2.05, 4.69) is 10.3 Å². The van der Waals surface area contributed by atoms with Crippen LogP contribution in [0.25, 0.3) is 0 Å². The second-order valence-electron chi connectivity index (χ2n) is 13.2. The Kier molecular flexibility index (Phi) is 11.4. The molecule has 1 fully saturated rings. The maximum atomic E-state index is 13.3. The predicted octanol–water partition coefficient (Wildman–Crippen LogP) is 5.93. The van der Waals surface area contributed by atoms with Gasteiger partial charge in [-0.05, 0) is 70.8 Å². The summed E-state index contributed by atoms with van der Waals surface area (Å²) in [5.41, 5.74) is 0.0949. The lowest BCUT2D eigenvalue weighted by Gasteiger charge is -2.37. The van der Waals surface area contributed by atoms with E-state index in [1.165, 1.54) is 0 Å². The van der Waals surface area contributed by atoms with Gasteiger partial charge in [0.25, 0.3) is 11.5 Å². The van der Waals surface area contributed by atoms with Gasteiger partial charge < -0.3 is 34.1 Å². The zero-order valence-corrected chi connectivity index (χ0v) is 30.8. The lowest BCUT2D eigenvalue weighted by molar-refractivity contribution is -0.0944. The molecule has 0 aliphatic carbocycles. The Morgan fingerprint density at radius 2 is 1.30 bits per heavy atom. The van der Waals surface area contributed by atoms with E-state index in [1.807, 2.05) is 109 Å². The van der Waals surface area contributed by atoms with Crippen molar-refractivity contribution in [2.24, 2.45) is 0 Å². The number of para-hydroxylation sites is 1. The van der Waals surface area contributed by atoms with Crippen LogP contribution in [0.5, 0.6) is 23.0 Å². The molecule has 1 aromatic heterocycles. The molecule has 6 aromatic rings. The zero-order chi connectivity index (χ0) is 39.1. The fourth-order valence-electron chi connectivity index (χ4n) is 6.76. The number of aliphatic hydroxyl groups is 1. The highest BCUT2D eigenvalue weighted by Crippen LogP contribution is 2.42. The lowest BCUT2D eigenvalue weighted by Crippen LogP contribution is -2.39. The van der Waals surface area contributed by atoms with Crippen molar-refractivity contribution < 1.29 is 33.6 Å². The number of methoxy groups -OCH3 is 2. The number of amides is 1. The number of aromatic nitrogens is 2. The molecule has 56 heavy (non-hydrogen) atoms. The third kappa shape index (κ3) is 8.13. The first-order chi connectivity index (χ1) is 27.3. The lowest BCUT2D eigenvalue weighted by atomic mass is 9.80. The average Bonchev–Trinajstić information content (AvgIpc) is 3.61. The van der Waals surface area contributed by atoms with Gasteiger partial charge in [-0.25, -0.2) is 4.79 Å². The van der Waals surface area contributed by atoms with Gasteiger partial charge in [0.2, 0.25) is 0 Å². The van der Waals surface area contributed by atoms with E-state index in [9.17, 15) is 19.5 Å². The van der Waals surface area contributed by atoms with Crippen LogP contribution in [0.1, 0.15) is 45.3 Å². The SMILES string of the molecule is COc1ccc(C(OC[C@H]2O[C@@H](n3cc(C(=O)NCc4ccc(Oc5ccccc5)cc4)c(=O)[nH]c3=O)C[C@@H]2O)(c2ccccc2)c2ccc(OC)cc2)cc1. The summed E-state index contributed by atoms with van der Waals surface area (Å²) in [5.74, 6) is 1.98. The number of H-pyrrole nitrogens is 1. The number of carbonyl (C=O) groups is 1. The summed E-state index contributed by atoms with van der Waals surface area (Å²) in [6, 6.07) is 41.3. The summed E-state index contributed by atoms with van der Waals surface area (Å²) in [7, 11) is 3.20. The van der Waals surface area contributed by atoms with Gasteiger partial charge in [0.1, 0.15) is 46.5 Å². The number of ether oxygens (including phenoxy) is 5. The highest BCUT2D eigenvalue weighted by atomic mass is 16.6. The molecule has 0 unspecified atom stereocenters. The number of carbonyl (C=O) groups excluding carboxylic acids is 1. The molecule has 0 radical (unpaired) electrons. The molecule has 2 heterocycles. The third-order valence-corrected chi connectivity index (χ3v) is 9.72. The van der Waals surface area contributed by atoms with E-state index < -0.39 is 41.2 Å². The highest BCUT2D eigenvalue weighted by Gasteiger charge is 2.42. The normalized spacial score (nSPS) is 16.6. The van der Waals surface area contributed by atoms with Gasteiger partial charge in [-0.15, -0.1) is 0 Å². The molecule has 1 amide bonds. The molecule has 12 heteroatoms. The Morgan fingerprint density at radius 3 is 1.89 bits per heavy atom. The van der Waals surface area contributed by atoms with Crippen LogP contribution in [0.4, 0.5) is 0 Å². The first kappa shape index (κ1) is 37.8. The van der Waals surface area contributed by atoms with E-state index in [-0.39, 0.29) is 25.1 Å². The monoisotopic (exact) mass is 755 g/mol. The van der Waals surface area contributed by atoms with Crippen LogP contribution in [-0.2, 0) is 21.6 Å². The van der Waals surface area contributed by atoms with Crippen LogP contribution in [-0.4, -0.2) is 53.6 Å². The van der Waals surface area contributed by atoms with E-state index in [0.29, 0.717) is 23.0 Å². The topological polar surface area (TPSA) is 150 Å². The summed E-state index contributed by atoms with van der Waals surface area (Å²) >= 11 is 0. The molecule has 3 N–H and O–H groups in total. The van der Waals surface area contributed by atoms with Crippen molar-refractivity contribution in [1.29, 1.82) is 0 Å². The van der Waals surface area contributed by atoms with Gasteiger partial charge in [0.15, 0.2) is 0 Å². The molecule has 5 aromatic carbocycles. The zero-order valence-electron chi connectivity index (χ0n) is 30.8. The summed E-state index contributed by atoms with van der Waals surface area (Å²) in [5, 5.41) is 14.0. The van der Waals surface area contributed by atoms with Crippen LogP contribution >= 0.6 is 0 Å². The Morgan fingerprint density at radius 1 is 0.768 bits per heavy atom. The van der Waals surface area contributed by atoms with E-state index in [4.69, 9.17) is 23.7 Å². The van der Waals surface area contributed by atoms with Crippen molar-refractivity contribution in [1.82, 2.24) is 14.9 Å². The maximum Gasteiger partial charge on any atom is 0.330 e. The van der Waals surface area contributed by atoms with Gasteiger partial charge in [-0.1, -0.05) is 84.9 Å². The summed E-state index contributed by atoms with van der Waals surface area (Å²) in [6.45, 7) is 0.0257. The van der Waals surface area contributed by atoms with Crippen molar-refractivity contribution in [3.63, 3.8) is 0 Å². The molecule has 7 rings (SSSR count). The minimum atomic E-state index is -1.17. The molecular weight excluding hydrogens is 714 g/mol. The van der Waals surface area contributed by atoms with E-state index in [1.54, 1.807) is 38.5 Å². The van der Waals surface area contributed by atoms with Gasteiger partial charge in [0, 0.05) is 19.2 Å². The number of hydrogen-bond donors (Lipinski definition) is 3. The second-order valence-corrected chi connectivity index (χ2v) is 13.2. The fourth-order valence-corrected chi connectivity index (χ4v) is 6.76. The Bertz CT molecular complexity index is 2300. The number of aromatic amines is 1. The summed E-state index contributed by atoms with van der Waals surface area (Å²) < 4.78 is 31.0. The van der Waals surface area contributed by atoms with Crippen molar-refractivity contribution >= 4 is 5.91 Å². The predicted molar refractivity (Wildman–Crippen MR) is 208 cm³/mol. The molecule has 286 valence electrons. The van der Waals surface area contributed by atoms with Crippen LogP contribution in [0, 0.1) is 0 Å². The fraction of sp³-hybridized carbons (Fsp3) is 0.205. The van der Waals surface area contributed by atoms with Crippen LogP contribution in [0.3, 0.4) is 0 Å². The quantitative estimate of drug-likeness (QED) is 0.115. The highest BCUT2D eigenvalue weighted by molar-refractivity contribution is 5.93. The molecule has 1 aliphatic rings. The van der Waals surface area contributed by atoms with Crippen LogP contribution in [0.2, 0.25) is 0 Å². The first-order valence-electron chi connectivity index (χ1n) is 18.0. The molecule has 12 nitrogen and oxygen atoms in total. The maximum absolute atomic E-state index is 13.3. The van der Waals surface area contributed by atoms with Crippen molar-refractivity contribution in [3.05, 3.63) is 188 Å². The number of hydrogen-bond acceptors (Lipinski definition) is 9. The Balaban J connectivity index is 1.09. The number of benzene rings is 5. The average molecular weight is 756 g/mol. The third-order valence-electron chi connectivity index (χ3n) is 9.72. The summed E-state index contributed by atoms with van der Waals surface area (Å²) in [6.07, 6.45) is -1.77. The number of rotatable bonds is 14. The van der Waals surface area contributed by atoms with Gasteiger partial charge in [-0.2, -0.15) is 0 Å². The smallest absolute Gasteiger partial charge is 0.330 e. The van der Waals surface area contributed by atoms with Crippen LogP contribution < -0.4 is 30.8 Å². The van der Waals surface area contributed by atoms with Crippen molar-refractivity contribution in [3.8, 4) is 23.0 Å². The van der Waals surface area contributed by atoms with Gasteiger partial charge >= 0.3 is 5.69 Å². The minimum absolute atomic E-state index is 0.00183. The Hall–Kier alpha value is -6.47. The number of nitrogens with one attached hydrogen (secondary N) is 2. The van der Waals surface area contributed by atoms with Gasteiger partial charge in [0.05, 0.1) is 26.9 Å². The van der Waals surface area contributed by atoms with Crippen LogP contribution in [0.15, 0.2) is 149 Å². The van der Waals surface area contributed by atoms with E-state index >= 15 is 0 Å². The van der Waals surface area contributed by atoms with E-state index in [0.717, 1.165) is 33.0 Å². The standard InChI is InChI=1S/C44H41N3O9/c1-52-33-21-15-31(16-22-33)44(30-9-5-3-6-10-30,32-17-23-34(53-2)24-18-32)54-28-39-38(48)25-40(56-39)47-27-37(42(50)46-43(47)51)41(49)45-26-29-13-19-36(20-14-29)55-35-11-7-4-8-12-35/h3-24,27,38-40,48H,25-26,28H2,1-2H3,(H,45,49)(H,46,50,51)/t38-,39+,40+/m0/s1. The van der Waals surface area contributed by atoms with Crippen molar-refractivity contribution in [2.45, 2.75) is 37.0 Å². The molecule has 1 saturated heterocycles. The molecule has 1 aliphatic heterocycles. The van der Waals surface area contributed by atoms with Gasteiger partial charge in [-0.3, -0.25) is 19.1 Å². The number of aliphatic hydroxyl groups excluding tert-OH is 1. The largest absolute Gasteiger partial charge is 0.497 e. The first-order valence-corrected chi connectivity index (χ1v) is 18.0. The van der Waals surface area contributed by atoms with Crippen molar-refractivity contribution in [2.75, 3.05) is 20.8 Å². The Labute approximate surface area is 322 Å². The summed E-state index contributed by atoms with van der Waals surface area (Å²) in [4.78, 5) is 41.4.